The first-order valence-corrected chi connectivity index (χ1v) is 6.70. The minimum Gasteiger partial charge on any atom is -0.391 e. The topological polar surface area (TPSA) is 64.1 Å². The van der Waals surface area contributed by atoms with Crippen LogP contribution in [0.4, 0.5) is 0 Å². The van der Waals surface area contributed by atoms with Crippen molar-refractivity contribution in [1.29, 1.82) is 0 Å². The summed E-state index contributed by atoms with van der Waals surface area (Å²) in [6.07, 6.45) is 4.62. The lowest BCUT2D eigenvalue weighted by Gasteiger charge is -2.18. The van der Waals surface area contributed by atoms with Gasteiger partial charge < -0.3 is 10.8 Å². The maximum Gasteiger partial charge on any atom is 0.0781 e. The summed E-state index contributed by atoms with van der Waals surface area (Å²) < 4.78 is 2.05. The molecule has 0 bridgehead atoms. The van der Waals surface area contributed by atoms with Crippen LogP contribution >= 0.6 is 0 Å². The second kappa shape index (κ2) is 5.19. The number of aromatic nitrogens is 2. The highest BCUT2D eigenvalue weighted by Crippen LogP contribution is 2.32. The molecule has 0 spiro atoms. The Balaban J connectivity index is 2.42. The molecule has 2 atom stereocenters. The molecule has 1 saturated carbocycles. The second-order valence-corrected chi connectivity index (χ2v) is 4.79. The molecule has 1 aliphatic rings. The van der Waals surface area contributed by atoms with Crippen LogP contribution in [0.5, 0.6) is 0 Å². The van der Waals surface area contributed by atoms with Gasteiger partial charge in [-0.15, -0.1) is 0 Å². The molecule has 1 aromatic rings. The molecule has 1 aromatic heterocycles. The Morgan fingerprint density at radius 3 is 2.59 bits per heavy atom. The fourth-order valence-electron chi connectivity index (χ4n) is 2.93. The van der Waals surface area contributed by atoms with E-state index in [-0.39, 0.29) is 12.1 Å². The van der Waals surface area contributed by atoms with Gasteiger partial charge in [0, 0.05) is 17.8 Å². The molecule has 0 radical (unpaired) electrons. The van der Waals surface area contributed by atoms with Crippen molar-refractivity contribution >= 4 is 0 Å². The van der Waals surface area contributed by atoms with Crippen LogP contribution in [-0.4, -0.2) is 21.0 Å². The number of hydrogen-bond acceptors (Lipinski definition) is 3. The third kappa shape index (κ3) is 2.11. The third-order valence-electron chi connectivity index (χ3n) is 3.83. The largest absolute Gasteiger partial charge is 0.391 e. The van der Waals surface area contributed by atoms with Crippen LogP contribution in [0.1, 0.15) is 56.1 Å². The molecular formula is C13H23N3O. The summed E-state index contributed by atoms with van der Waals surface area (Å²) in [7, 11) is 0. The highest BCUT2D eigenvalue weighted by atomic mass is 16.3. The van der Waals surface area contributed by atoms with Gasteiger partial charge in [-0.25, -0.2) is 0 Å². The first kappa shape index (κ1) is 12.6. The van der Waals surface area contributed by atoms with Crippen molar-refractivity contribution < 1.29 is 5.11 Å². The summed E-state index contributed by atoms with van der Waals surface area (Å²) in [6, 6.07) is 0.163. The third-order valence-corrected chi connectivity index (χ3v) is 3.83. The lowest BCUT2D eigenvalue weighted by Crippen LogP contribution is -2.21. The fourth-order valence-corrected chi connectivity index (χ4v) is 2.93. The summed E-state index contributed by atoms with van der Waals surface area (Å²) in [5, 5.41) is 14.7. The molecule has 96 valence electrons. The van der Waals surface area contributed by atoms with E-state index in [0.29, 0.717) is 6.54 Å². The van der Waals surface area contributed by atoms with Gasteiger partial charge in [-0.2, -0.15) is 5.10 Å². The van der Waals surface area contributed by atoms with Crippen LogP contribution in [-0.2, 0) is 19.4 Å². The molecule has 0 aromatic carbocycles. The van der Waals surface area contributed by atoms with E-state index in [2.05, 4.69) is 23.6 Å². The van der Waals surface area contributed by atoms with Gasteiger partial charge in [-0.1, -0.05) is 13.8 Å². The van der Waals surface area contributed by atoms with Crippen molar-refractivity contribution in [3.8, 4) is 0 Å². The van der Waals surface area contributed by atoms with Crippen LogP contribution < -0.4 is 5.73 Å². The Labute approximate surface area is 103 Å². The zero-order chi connectivity index (χ0) is 12.4. The zero-order valence-electron chi connectivity index (χ0n) is 10.8. The molecule has 2 rings (SSSR count). The van der Waals surface area contributed by atoms with Gasteiger partial charge in [0.2, 0.25) is 0 Å². The van der Waals surface area contributed by atoms with E-state index in [9.17, 15) is 5.11 Å². The second-order valence-electron chi connectivity index (χ2n) is 4.79. The van der Waals surface area contributed by atoms with Crippen LogP contribution in [0.3, 0.4) is 0 Å². The molecular weight excluding hydrogens is 214 g/mol. The van der Waals surface area contributed by atoms with E-state index in [4.69, 9.17) is 5.73 Å². The number of nitrogens with two attached hydrogens (primary N) is 1. The van der Waals surface area contributed by atoms with Gasteiger partial charge in [0.15, 0.2) is 0 Å². The van der Waals surface area contributed by atoms with Crippen molar-refractivity contribution in [2.45, 2.75) is 64.6 Å². The molecule has 0 amide bonds. The predicted octanol–water partition coefficient (Wildman–Crippen LogP) is 1.55. The van der Waals surface area contributed by atoms with Crippen LogP contribution in [0.15, 0.2) is 0 Å². The first-order chi connectivity index (χ1) is 8.22. The number of rotatable bonds is 4. The van der Waals surface area contributed by atoms with Gasteiger partial charge in [-0.3, -0.25) is 4.68 Å². The molecule has 1 fully saturated rings. The van der Waals surface area contributed by atoms with Gasteiger partial charge in [0.1, 0.15) is 0 Å². The van der Waals surface area contributed by atoms with Crippen molar-refractivity contribution in [3.05, 3.63) is 17.0 Å². The maximum absolute atomic E-state index is 10.0. The molecule has 0 aliphatic heterocycles. The Morgan fingerprint density at radius 2 is 2.12 bits per heavy atom. The fraction of sp³-hybridized carbons (Fsp3) is 0.769. The van der Waals surface area contributed by atoms with Crippen molar-refractivity contribution in [2.75, 3.05) is 0 Å². The van der Waals surface area contributed by atoms with Gasteiger partial charge in [0.05, 0.1) is 17.8 Å². The Morgan fingerprint density at radius 1 is 1.35 bits per heavy atom. The van der Waals surface area contributed by atoms with E-state index >= 15 is 0 Å². The molecule has 17 heavy (non-hydrogen) atoms. The van der Waals surface area contributed by atoms with Crippen LogP contribution in [0.2, 0.25) is 0 Å². The summed E-state index contributed by atoms with van der Waals surface area (Å²) in [6.45, 7) is 4.79. The van der Waals surface area contributed by atoms with E-state index in [1.54, 1.807) is 0 Å². The highest BCUT2D eigenvalue weighted by molar-refractivity contribution is 5.27. The Kier molecular flexibility index (Phi) is 3.84. The number of aliphatic hydroxyl groups excluding tert-OH is 1. The highest BCUT2D eigenvalue weighted by Gasteiger charge is 2.30. The quantitative estimate of drug-likeness (QED) is 0.835. The standard InChI is InChI=1S/C13H23N3O/c1-3-10-9(8-14)11(4-2)16(15-10)12-6-5-7-13(12)17/h12-13,17H,3-8,14H2,1-2H3. The van der Waals surface area contributed by atoms with Crippen LogP contribution in [0, 0.1) is 0 Å². The average Bonchev–Trinajstić information content (AvgIpc) is 2.90. The van der Waals surface area contributed by atoms with Gasteiger partial charge in [-0.05, 0) is 32.1 Å². The molecule has 4 nitrogen and oxygen atoms in total. The minimum absolute atomic E-state index is 0.163. The van der Waals surface area contributed by atoms with Gasteiger partial charge >= 0.3 is 0 Å². The van der Waals surface area contributed by atoms with Crippen LogP contribution in [0.25, 0.3) is 0 Å². The number of hydrogen-bond donors (Lipinski definition) is 2. The van der Waals surface area contributed by atoms with Crippen molar-refractivity contribution in [3.63, 3.8) is 0 Å². The zero-order valence-corrected chi connectivity index (χ0v) is 10.8. The van der Waals surface area contributed by atoms with Crippen molar-refractivity contribution in [2.24, 2.45) is 5.73 Å². The SMILES string of the molecule is CCc1nn(C2CCCC2O)c(CC)c1CN. The monoisotopic (exact) mass is 237 g/mol. The number of aryl methyl sites for hydroxylation is 1. The van der Waals surface area contributed by atoms with E-state index in [1.807, 2.05) is 0 Å². The summed E-state index contributed by atoms with van der Waals surface area (Å²) in [4.78, 5) is 0. The lowest BCUT2D eigenvalue weighted by atomic mass is 10.1. The first-order valence-electron chi connectivity index (χ1n) is 6.70. The molecule has 2 unspecified atom stereocenters. The minimum atomic E-state index is -0.240. The van der Waals surface area contributed by atoms with E-state index < -0.39 is 0 Å². The molecule has 4 heteroatoms. The van der Waals surface area contributed by atoms with E-state index in [0.717, 1.165) is 37.8 Å². The van der Waals surface area contributed by atoms with Crippen molar-refractivity contribution in [1.82, 2.24) is 9.78 Å². The average molecular weight is 237 g/mol. The molecule has 1 heterocycles. The maximum atomic E-state index is 10.0. The number of nitrogens with zero attached hydrogens (tertiary/aromatic N) is 2. The van der Waals surface area contributed by atoms with Gasteiger partial charge in [0.25, 0.3) is 0 Å². The summed E-state index contributed by atoms with van der Waals surface area (Å²) >= 11 is 0. The normalized spacial score (nSPS) is 24.5. The smallest absolute Gasteiger partial charge is 0.0781 e. The summed E-state index contributed by atoms with van der Waals surface area (Å²) in [5.74, 6) is 0. The van der Waals surface area contributed by atoms with E-state index in [1.165, 1.54) is 11.3 Å². The molecule has 0 saturated heterocycles. The Bertz CT molecular complexity index is 386. The molecule has 1 aliphatic carbocycles. The molecule has 3 N–H and O–H groups in total. The summed E-state index contributed by atoms with van der Waals surface area (Å²) in [5.41, 5.74) is 9.34. The Hall–Kier alpha value is -0.870. The number of aliphatic hydroxyl groups is 1. The predicted molar refractivity (Wildman–Crippen MR) is 67.8 cm³/mol. The lowest BCUT2D eigenvalue weighted by molar-refractivity contribution is 0.128.